The Labute approximate surface area is 223 Å². The lowest BCUT2D eigenvalue weighted by Gasteiger charge is -2.42. The van der Waals surface area contributed by atoms with Crippen LogP contribution in [0.15, 0.2) is 39.5 Å². The monoisotopic (exact) mass is 566 g/mol. The number of aromatic hydroxyl groups is 4. The number of phenols is 4. The first-order valence-corrected chi connectivity index (χ1v) is 12.0. The van der Waals surface area contributed by atoms with Gasteiger partial charge in [-0.25, -0.2) is 0 Å². The van der Waals surface area contributed by atoms with Gasteiger partial charge in [-0.3, -0.25) is 4.79 Å². The largest absolute Gasteiger partial charge is 0.504 e. The van der Waals surface area contributed by atoms with Crippen molar-refractivity contribution in [3.05, 3.63) is 40.6 Å². The van der Waals surface area contributed by atoms with Gasteiger partial charge >= 0.3 is 0 Å². The van der Waals surface area contributed by atoms with Crippen LogP contribution in [0.1, 0.15) is 0 Å². The highest BCUT2D eigenvalue weighted by molar-refractivity contribution is 5.89. The molecule has 15 heteroatoms. The van der Waals surface area contributed by atoms with Crippen molar-refractivity contribution in [1.82, 2.24) is 0 Å². The van der Waals surface area contributed by atoms with Crippen LogP contribution in [0.4, 0.5) is 0 Å². The molecule has 3 heterocycles. The molecule has 2 unspecified atom stereocenters. The Morgan fingerprint density at radius 3 is 2.12 bits per heavy atom. The first-order chi connectivity index (χ1) is 19.0. The predicted octanol–water partition coefficient (Wildman–Crippen LogP) is -1.44. The molecule has 3 aromatic rings. The summed E-state index contributed by atoms with van der Waals surface area (Å²) in [7, 11) is 0. The van der Waals surface area contributed by atoms with Gasteiger partial charge in [0.25, 0.3) is 0 Å². The fraction of sp³-hybridized carbons (Fsp3) is 0.400. The van der Waals surface area contributed by atoms with Crippen molar-refractivity contribution in [3.63, 3.8) is 0 Å². The lowest BCUT2D eigenvalue weighted by atomic mass is 10.0. The van der Waals surface area contributed by atoms with Gasteiger partial charge < -0.3 is 69.3 Å². The van der Waals surface area contributed by atoms with Crippen molar-refractivity contribution in [2.45, 2.75) is 49.2 Å². The Morgan fingerprint density at radius 2 is 1.43 bits per heavy atom. The van der Waals surface area contributed by atoms with Crippen LogP contribution in [-0.4, -0.2) is 108 Å². The number of phenolic OH excluding ortho intramolecular Hbond substituents is 4. The van der Waals surface area contributed by atoms with E-state index in [4.69, 9.17) is 23.4 Å². The van der Waals surface area contributed by atoms with Crippen LogP contribution in [0.5, 0.6) is 28.7 Å². The zero-order chi connectivity index (χ0) is 28.9. The topological polar surface area (TPSA) is 249 Å². The molecule has 216 valence electrons. The standard InChI is InChI=1S/C25H26O15/c26-9-2-1-8(3-10(9)27)14-4-11(28)17-15(38-14)5-16(20(33)21(17)34)39-25-23(19(32)13(30)7-37-25)40-24-22(35)18(31)12(29)6-36-24/h1-5,12-13,18-19,22-27,29-35H,6-7H2/t12-,13-,18+,19+,22?,23?,24+,25+/m1/s1. The zero-order valence-electron chi connectivity index (χ0n) is 20.4. The van der Waals surface area contributed by atoms with E-state index in [9.17, 15) is 50.8 Å². The Balaban J connectivity index is 1.48. The van der Waals surface area contributed by atoms with Crippen molar-refractivity contribution < 1.29 is 69.3 Å². The Bertz CT molecular complexity index is 1450. The minimum absolute atomic E-state index is 0.0679. The number of ether oxygens (including phenoxy) is 4. The number of benzene rings is 2. The van der Waals surface area contributed by atoms with Crippen molar-refractivity contribution in [1.29, 1.82) is 0 Å². The molecule has 0 saturated carbocycles. The predicted molar refractivity (Wildman–Crippen MR) is 130 cm³/mol. The third kappa shape index (κ3) is 5.00. The molecule has 0 amide bonds. The third-order valence-electron chi connectivity index (χ3n) is 6.61. The second-order valence-corrected chi connectivity index (χ2v) is 9.35. The Kier molecular flexibility index (Phi) is 7.47. The van der Waals surface area contributed by atoms with E-state index in [2.05, 4.69) is 0 Å². The molecular weight excluding hydrogens is 540 g/mol. The van der Waals surface area contributed by atoms with Crippen LogP contribution in [-0.2, 0) is 14.2 Å². The van der Waals surface area contributed by atoms with E-state index in [1.807, 2.05) is 0 Å². The quantitative estimate of drug-likeness (QED) is 0.160. The Morgan fingerprint density at radius 1 is 0.750 bits per heavy atom. The van der Waals surface area contributed by atoms with Crippen LogP contribution >= 0.6 is 0 Å². The summed E-state index contributed by atoms with van der Waals surface area (Å²) in [6, 6.07) is 5.71. The number of rotatable bonds is 5. The first-order valence-electron chi connectivity index (χ1n) is 12.0. The van der Waals surface area contributed by atoms with E-state index < -0.39 is 102 Å². The Hall–Kier alpha value is -3.67. The minimum Gasteiger partial charge on any atom is -0.504 e. The maximum Gasteiger partial charge on any atom is 0.229 e. The molecule has 40 heavy (non-hydrogen) atoms. The van der Waals surface area contributed by atoms with E-state index in [-0.39, 0.29) is 16.9 Å². The molecule has 0 bridgehead atoms. The average molecular weight is 566 g/mol. The zero-order valence-corrected chi connectivity index (χ0v) is 20.4. The van der Waals surface area contributed by atoms with E-state index in [1.165, 1.54) is 12.1 Å². The normalized spacial score (nSPS) is 30.8. The van der Waals surface area contributed by atoms with Crippen LogP contribution in [0.2, 0.25) is 0 Å². The molecule has 2 saturated heterocycles. The molecule has 0 aliphatic carbocycles. The maximum atomic E-state index is 12.8. The molecule has 9 N–H and O–H groups in total. The molecule has 0 radical (unpaired) electrons. The second kappa shape index (κ2) is 10.7. The molecule has 2 aromatic carbocycles. The van der Waals surface area contributed by atoms with Crippen molar-refractivity contribution >= 4 is 11.0 Å². The van der Waals surface area contributed by atoms with Gasteiger partial charge in [0.2, 0.25) is 12.0 Å². The molecule has 8 atom stereocenters. The minimum atomic E-state index is -1.75. The van der Waals surface area contributed by atoms with E-state index in [0.717, 1.165) is 18.2 Å². The smallest absolute Gasteiger partial charge is 0.229 e. The van der Waals surface area contributed by atoms with E-state index in [0.29, 0.717) is 0 Å². The third-order valence-corrected chi connectivity index (χ3v) is 6.61. The molecule has 2 aliphatic rings. The maximum absolute atomic E-state index is 12.8. The summed E-state index contributed by atoms with van der Waals surface area (Å²) in [5.41, 5.74) is -0.831. The van der Waals surface area contributed by atoms with Gasteiger partial charge in [-0.15, -0.1) is 0 Å². The average Bonchev–Trinajstić information content (AvgIpc) is 2.92. The lowest BCUT2D eigenvalue weighted by Crippen LogP contribution is -2.61. The summed E-state index contributed by atoms with van der Waals surface area (Å²) in [6.07, 6.45) is -12.7. The molecule has 15 nitrogen and oxygen atoms in total. The van der Waals surface area contributed by atoms with Gasteiger partial charge in [0.15, 0.2) is 40.8 Å². The van der Waals surface area contributed by atoms with Gasteiger partial charge in [-0.2, -0.15) is 0 Å². The van der Waals surface area contributed by atoms with Crippen molar-refractivity contribution in [2.75, 3.05) is 13.2 Å². The van der Waals surface area contributed by atoms with E-state index in [1.54, 1.807) is 0 Å². The molecule has 2 fully saturated rings. The number of aliphatic hydroxyl groups is 5. The number of fused-ring (bicyclic) bond motifs is 1. The summed E-state index contributed by atoms with van der Waals surface area (Å²) >= 11 is 0. The first kappa shape index (κ1) is 27.9. The highest BCUT2D eigenvalue weighted by atomic mass is 16.7. The fourth-order valence-corrected chi connectivity index (χ4v) is 4.37. The van der Waals surface area contributed by atoms with Crippen LogP contribution in [0.25, 0.3) is 22.3 Å². The molecule has 1 aromatic heterocycles. The summed E-state index contributed by atoms with van der Waals surface area (Å²) in [5, 5.41) is 90.6. The summed E-state index contributed by atoms with van der Waals surface area (Å²) < 4.78 is 27.5. The lowest BCUT2D eigenvalue weighted by molar-refractivity contribution is -0.332. The fourth-order valence-electron chi connectivity index (χ4n) is 4.37. The van der Waals surface area contributed by atoms with Gasteiger partial charge in [0, 0.05) is 17.7 Å². The highest BCUT2D eigenvalue weighted by Gasteiger charge is 2.47. The number of hydrogen-bond acceptors (Lipinski definition) is 15. The van der Waals surface area contributed by atoms with Gasteiger partial charge in [-0.05, 0) is 18.2 Å². The highest BCUT2D eigenvalue weighted by Crippen LogP contribution is 2.43. The molecule has 5 rings (SSSR count). The van der Waals surface area contributed by atoms with Crippen molar-refractivity contribution in [2.24, 2.45) is 0 Å². The van der Waals surface area contributed by atoms with Crippen molar-refractivity contribution in [3.8, 4) is 40.1 Å². The van der Waals surface area contributed by atoms with Crippen LogP contribution < -0.4 is 10.2 Å². The van der Waals surface area contributed by atoms with Crippen LogP contribution in [0.3, 0.4) is 0 Å². The van der Waals surface area contributed by atoms with Crippen LogP contribution in [0, 0.1) is 0 Å². The van der Waals surface area contributed by atoms with Gasteiger partial charge in [-0.1, -0.05) is 0 Å². The number of aliphatic hydroxyl groups excluding tert-OH is 5. The summed E-state index contributed by atoms with van der Waals surface area (Å²) in [4.78, 5) is 12.8. The van der Waals surface area contributed by atoms with Gasteiger partial charge in [0.1, 0.15) is 47.2 Å². The molecular formula is C25H26O15. The number of hydrogen-bond donors (Lipinski definition) is 9. The van der Waals surface area contributed by atoms with Gasteiger partial charge in [0.05, 0.1) is 13.2 Å². The molecule has 2 aliphatic heterocycles. The van der Waals surface area contributed by atoms with E-state index >= 15 is 0 Å². The second-order valence-electron chi connectivity index (χ2n) is 9.35. The molecule has 0 spiro atoms. The summed E-state index contributed by atoms with van der Waals surface area (Å²) in [5.74, 6) is -3.25. The SMILES string of the molecule is O=c1cc(-c2ccc(O)c(O)c2)oc2cc(O[C@@H]3OC[C@@H](O)[C@H](O)C3O[C@@H]3OC[C@@H](O)[C@H](O)C3O)c(O)c(O)c12. The summed E-state index contributed by atoms with van der Waals surface area (Å²) in [6.45, 7) is -0.870.